The number of hydrogen-bond donors (Lipinski definition) is 2. The van der Waals surface area contributed by atoms with Crippen molar-refractivity contribution in [1.29, 1.82) is 0 Å². The topological polar surface area (TPSA) is 49.5 Å². The Morgan fingerprint density at radius 3 is 2.78 bits per heavy atom. The fourth-order valence-electron chi connectivity index (χ4n) is 2.67. The number of aliphatic hydroxyl groups is 1. The maximum Gasteiger partial charge on any atom is 0.0640 e. The Morgan fingerprint density at radius 2 is 2.22 bits per heavy atom. The van der Waals surface area contributed by atoms with E-state index < -0.39 is 0 Å². The molecule has 1 aromatic rings. The molecule has 0 spiro atoms. The van der Waals surface area contributed by atoms with Gasteiger partial charge in [0.05, 0.1) is 16.7 Å². The Balaban J connectivity index is 2.39. The van der Waals surface area contributed by atoms with Gasteiger partial charge in [0.1, 0.15) is 0 Å². The molecule has 3 N–H and O–H groups in total. The predicted molar refractivity (Wildman–Crippen MR) is 75.0 cm³/mol. The lowest BCUT2D eigenvalue weighted by molar-refractivity contribution is 0.0895. The molecule has 18 heavy (non-hydrogen) atoms. The summed E-state index contributed by atoms with van der Waals surface area (Å²) in [7, 11) is 0. The predicted octanol–water partition coefficient (Wildman–Crippen LogP) is 2.58. The minimum absolute atomic E-state index is 0.112. The lowest BCUT2D eigenvalue weighted by Gasteiger charge is -2.30. The van der Waals surface area contributed by atoms with Crippen molar-refractivity contribution in [3.05, 3.63) is 33.3 Å². The van der Waals surface area contributed by atoms with Crippen molar-refractivity contribution >= 4 is 23.2 Å². The Labute approximate surface area is 117 Å². The Kier molecular flexibility index (Phi) is 4.51. The number of fused-ring (bicyclic) bond motifs is 1. The van der Waals surface area contributed by atoms with Gasteiger partial charge in [0.15, 0.2) is 0 Å². The molecule has 0 radical (unpaired) electrons. The summed E-state index contributed by atoms with van der Waals surface area (Å²) < 4.78 is 0. The molecule has 5 heteroatoms. The minimum atomic E-state index is 0.112. The minimum Gasteiger partial charge on any atom is -0.395 e. The fourth-order valence-corrected chi connectivity index (χ4v) is 3.08. The van der Waals surface area contributed by atoms with Gasteiger partial charge in [-0.2, -0.15) is 0 Å². The van der Waals surface area contributed by atoms with Gasteiger partial charge in [-0.05, 0) is 23.6 Å². The number of nitrogens with zero attached hydrogens (tertiary/aromatic N) is 1. The highest BCUT2D eigenvalue weighted by atomic mass is 35.5. The Morgan fingerprint density at radius 1 is 1.50 bits per heavy atom. The third-order valence-electron chi connectivity index (χ3n) is 3.71. The molecule has 100 valence electrons. The first kappa shape index (κ1) is 14.1. The van der Waals surface area contributed by atoms with Crippen molar-refractivity contribution in [3.8, 4) is 0 Å². The van der Waals surface area contributed by atoms with Gasteiger partial charge in [-0.1, -0.05) is 36.2 Å². The molecule has 0 bridgehead atoms. The van der Waals surface area contributed by atoms with Gasteiger partial charge < -0.3 is 10.8 Å². The van der Waals surface area contributed by atoms with Crippen molar-refractivity contribution in [1.82, 2.24) is 4.90 Å². The van der Waals surface area contributed by atoms with Gasteiger partial charge in [-0.25, -0.2) is 0 Å². The molecule has 1 heterocycles. The molecule has 0 saturated heterocycles. The molecular weight excluding hydrogens is 271 g/mol. The lowest BCUT2D eigenvalue weighted by atomic mass is 10.0. The third-order valence-corrected chi connectivity index (χ3v) is 4.55. The number of aliphatic hydroxyl groups excluding tert-OH is 1. The third kappa shape index (κ3) is 2.26. The average molecular weight is 289 g/mol. The molecule has 0 saturated carbocycles. The van der Waals surface area contributed by atoms with Crippen molar-refractivity contribution in [2.45, 2.75) is 32.0 Å². The van der Waals surface area contributed by atoms with E-state index in [1.165, 1.54) is 0 Å². The second-order valence-corrected chi connectivity index (χ2v) is 5.38. The van der Waals surface area contributed by atoms with Gasteiger partial charge in [0.2, 0.25) is 0 Å². The van der Waals surface area contributed by atoms with Crippen LogP contribution in [-0.4, -0.2) is 29.2 Å². The van der Waals surface area contributed by atoms with E-state index in [2.05, 4.69) is 11.8 Å². The second-order valence-electron chi connectivity index (χ2n) is 4.60. The van der Waals surface area contributed by atoms with E-state index in [1.54, 1.807) is 0 Å². The highest BCUT2D eigenvalue weighted by Crippen LogP contribution is 2.41. The van der Waals surface area contributed by atoms with Crippen LogP contribution in [0.2, 0.25) is 10.0 Å². The first-order chi connectivity index (χ1) is 8.63. The van der Waals surface area contributed by atoms with Crippen LogP contribution in [0.3, 0.4) is 0 Å². The highest BCUT2D eigenvalue weighted by Gasteiger charge is 2.34. The molecule has 0 aromatic heterocycles. The van der Waals surface area contributed by atoms with E-state index in [1.807, 2.05) is 12.1 Å². The fraction of sp³-hybridized carbons (Fsp3) is 0.538. The lowest BCUT2D eigenvalue weighted by Crippen LogP contribution is -2.38. The van der Waals surface area contributed by atoms with Crippen molar-refractivity contribution in [2.75, 3.05) is 13.2 Å². The van der Waals surface area contributed by atoms with E-state index in [0.29, 0.717) is 23.1 Å². The molecule has 1 aromatic carbocycles. The molecule has 1 aliphatic heterocycles. The van der Waals surface area contributed by atoms with E-state index in [-0.39, 0.29) is 18.7 Å². The zero-order valence-corrected chi connectivity index (χ0v) is 11.9. The standard InChI is InChI=1S/C13H18Cl2N2O/c1-2-8(7-18)17-6-10-9(12(17)5-16)3-4-11(14)13(10)15/h3-4,8,12,18H,2,5-7,16H2,1H3. The van der Waals surface area contributed by atoms with Crippen LogP contribution in [-0.2, 0) is 6.54 Å². The highest BCUT2D eigenvalue weighted by molar-refractivity contribution is 6.42. The van der Waals surface area contributed by atoms with Crippen molar-refractivity contribution < 1.29 is 5.11 Å². The van der Waals surface area contributed by atoms with Crippen LogP contribution in [0.25, 0.3) is 0 Å². The molecule has 2 atom stereocenters. The van der Waals surface area contributed by atoms with Gasteiger partial charge in [0, 0.05) is 25.2 Å². The smallest absolute Gasteiger partial charge is 0.0640 e. The van der Waals surface area contributed by atoms with E-state index in [9.17, 15) is 5.11 Å². The van der Waals surface area contributed by atoms with Crippen molar-refractivity contribution in [2.24, 2.45) is 5.73 Å². The van der Waals surface area contributed by atoms with Crippen LogP contribution in [0.4, 0.5) is 0 Å². The Hall–Kier alpha value is -0.320. The second kappa shape index (κ2) is 5.76. The maximum atomic E-state index is 9.46. The van der Waals surface area contributed by atoms with Crippen LogP contribution in [0.5, 0.6) is 0 Å². The summed E-state index contributed by atoms with van der Waals surface area (Å²) in [5.74, 6) is 0. The number of rotatable bonds is 4. The number of benzene rings is 1. The zero-order valence-electron chi connectivity index (χ0n) is 10.4. The van der Waals surface area contributed by atoms with Crippen LogP contribution < -0.4 is 5.73 Å². The zero-order chi connectivity index (χ0) is 13.3. The first-order valence-electron chi connectivity index (χ1n) is 6.17. The molecule has 1 aliphatic rings. The average Bonchev–Trinajstić information content (AvgIpc) is 2.75. The van der Waals surface area contributed by atoms with Crippen LogP contribution in [0.15, 0.2) is 12.1 Å². The summed E-state index contributed by atoms with van der Waals surface area (Å²) in [6, 6.07) is 4.03. The molecule has 0 fully saturated rings. The monoisotopic (exact) mass is 288 g/mol. The SMILES string of the molecule is CCC(CO)N1Cc2c(ccc(Cl)c2Cl)C1CN. The Bertz CT molecular complexity index is 435. The first-order valence-corrected chi connectivity index (χ1v) is 6.93. The van der Waals surface area contributed by atoms with Gasteiger partial charge in [-0.3, -0.25) is 4.90 Å². The molecule has 0 amide bonds. The van der Waals surface area contributed by atoms with Crippen LogP contribution in [0, 0.1) is 0 Å². The van der Waals surface area contributed by atoms with Gasteiger partial charge in [-0.15, -0.1) is 0 Å². The van der Waals surface area contributed by atoms with E-state index >= 15 is 0 Å². The summed E-state index contributed by atoms with van der Waals surface area (Å²) in [5.41, 5.74) is 8.06. The van der Waals surface area contributed by atoms with Crippen LogP contribution in [0.1, 0.15) is 30.5 Å². The summed E-state index contributed by atoms with van der Waals surface area (Å²) in [5, 5.41) is 10.6. The van der Waals surface area contributed by atoms with E-state index in [4.69, 9.17) is 28.9 Å². The summed E-state index contributed by atoms with van der Waals surface area (Å²) >= 11 is 12.3. The maximum absolute atomic E-state index is 9.46. The van der Waals surface area contributed by atoms with Crippen molar-refractivity contribution in [3.63, 3.8) is 0 Å². The largest absolute Gasteiger partial charge is 0.395 e. The molecule has 0 aliphatic carbocycles. The number of halogens is 2. The van der Waals surface area contributed by atoms with Crippen LogP contribution >= 0.6 is 23.2 Å². The number of nitrogens with two attached hydrogens (primary N) is 1. The summed E-state index contributed by atoms with van der Waals surface area (Å²) in [6.07, 6.45) is 0.881. The molecule has 2 unspecified atom stereocenters. The van der Waals surface area contributed by atoms with Gasteiger partial charge >= 0.3 is 0 Å². The summed E-state index contributed by atoms with van der Waals surface area (Å²) in [6.45, 7) is 3.41. The van der Waals surface area contributed by atoms with Gasteiger partial charge in [0.25, 0.3) is 0 Å². The normalized spacial score (nSPS) is 21.1. The molecule has 2 rings (SSSR count). The molecular formula is C13H18Cl2N2O. The molecule has 3 nitrogen and oxygen atoms in total. The quantitative estimate of drug-likeness (QED) is 0.895. The van der Waals surface area contributed by atoms with E-state index in [0.717, 1.165) is 17.5 Å². The number of hydrogen-bond acceptors (Lipinski definition) is 3. The summed E-state index contributed by atoms with van der Waals surface area (Å²) in [4.78, 5) is 2.22.